The van der Waals surface area contributed by atoms with Crippen molar-refractivity contribution in [2.24, 2.45) is 5.10 Å². The molecule has 1 aliphatic heterocycles. The molecule has 0 radical (unpaired) electrons. The summed E-state index contributed by atoms with van der Waals surface area (Å²) in [5.41, 5.74) is 3.60. The molecule has 138 valence electrons. The SMILES string of the molecule is Cc1ccc(-[n+]2noc([O-])c2C2=Nn3c(nnc3-c3ccccc3)SC2)cc1. The van der Waals surface area contributed by atoms with Crippen LogP contribution < -0.4 is 9.79 Å². The summed E-state index contributed by atoms with van der Waals surface area (Å²) in [6.45, 7) is 2.00. The summed E-state index contributed by atoms with van der Waals surface area (Å²) in [5.74, 6) is 0.554. The highest BCUT2D eigenvalue weighted by Crippen LogP contribution is 2.29. The Hall–Kier alpha value is -3.46. The zero-order valence-electron chi connectivity index (χ0n) is 14.8. The summed E-state index contributed by atoms with van der Waals surface area (Å²) < 4.78 is 8.09. The monoisotopic (exact) mass is 390 g/mol. The van der Waals surface area contributed by atoms with Crippen molar-refractivity contribution in [1.29, 1.82) is 0 Å². The molecule has 5 rings (SSSR count). The van der Waals surface area contributed by atoms with Crippen LogP contribution in [0.3, 0.4) is 0 Å². The van der Waals surface area contributed by atoms with Gasteiger partial charge in [0.25, 0.3) is 5.69 Å². The van der Waals surface area contributed by atoms with E-state index >= 15 is 0 Å². The molecule has 0 saturated carbocycles. The number of nitrogens with zero attached hydrogens (tertiary/aromatic N) is 6. The molecule has 0 N–H and O–H groups in total. The van der Waals surface area contributed by atoms with Crippen molar-refractivity contribution < 1.29 is 14.3 Å². The van der Waals surface area contributed by atoms with Gasteiger partial charge in [0.05, 0.1) is 11.0 Å². The van der Waals surface area contributed by atoms with Gasteiger partial charge in [-0.3, -0.25) is 0 Å². The fraction of sp³-hybridized carbons (Fsp3) is 0.105. The van der Waals surface area contributed by atoms with E-state index in [0.29, 0.717) is 28.1 Å². The first kappa shape index (κ1) is 16.7. The summed E-state index contributed by atoms with van der Waals surface area (Å²) >= 11 is 1.46. The van der Waals surface area contributed by atoms with E-state index in [4.69, 9.17) is 4.52 Å². The summed E-state index contributed by atoms with van der Waals surface area (Å²) in [4.78, 5) is 0. The molecule has 0 fully saturated rings. The fourth-order valence-corrected chi connectivity index (χ4v) is 3.77. The van der Waals surface area contributed by atoms with Crippen LogP contribution >= 0.6 is 11.8 Å². The molecule has 0 atom stereocenters. The Kier molecular flexibility index (Phi) is 3.94. The molecule has 2 aromatic heterocycles. The minimum absolute atomic E-state index is 0.301. The average Bonchev–Trinajstić information content (AvgIpc) is 3.32. The second kappa shape index (κ2) is 6.61. The predicted molar refractivity (Wildman–Crippen MR) is 100 cm³/mol. The third kappa shape index (κ3) is 2.76. The van der Waals surface area contributed by atoms with Crippen molar-refractivity contribution in [3.05, 3.63) is 65.9 Å². The first-order chi connectivity index (χ1) is 13.7. The zero-order valence-corrected chi connectivity index (χ0v) is 15.6. The van der Waals surface area contributed by atoms with Gasteiger partial charge in [-0.15, -0.1) is 10.2 Å². The Balaban J connectivity index is 1.62. The second-order valence-electron chi connectivity index (χ2n) is 6.28. The molecule has 0 amide bonds. The predicted octanol–water partition coefficient (Wildman–Crippen LogP) is 1.95. The zero-order chi connectivity index (χ0) is 19.1. The summed E-state index contributed by atoms with van der Waals surface area (Å²) in [6.07, 6.45) is 0. The van der Waals surface area contributed by atoms with Gasteiger partial charge in [-0.1, -0.05) is 59.8 Å². The molecule has 28 heavy (non-hydrogen) atoms. The highest BCUT2D eigenvalue weighted by atomic mass is 32.2. The Morgan fingerprint density at radius 1 is 1.07 bits per heavy atom. The van der Waals surface area contributed by atoms with Gasteiger partial charge in [0, 0.05) is 17.7 Å². The van der Waals surface area contributed by atoms with Gasteiger partial charge in [0.1, 0.15) is 5.71 Å². The largest absolute Gasteiger partial charge is 0.539 e. The summed E-state index contributed by atoms with van der Waals surface area (Å²) in [7, 11) is 0. The molecule has 0 bridgehead atoms. The van der Waals surface area contributed by atoms with Crippen molar-refractivity contribution >= 4 is 17.5 Å². The van der Waals surface area contributed by atoms with Crippen molar-refractivity contribution in [1.82, 2.24) is 20.1 Å². The van der Waals surface area contributed by atoms with Crippen molar-refractivity contribution in [2.75, 3.05) is 5.75 Å². The molecule has 9 heteroatoms. The maximum absolute atomic E-state index is 12.4. The van der Waals surface area contributed by atoms with E-state index in [0.717, 1.165) is 16.8 Å². The normalized spacial score (nSPS) is 13.2. The number of benzene rings is 2. The number of hydrogen-bond donors (Lipinski definition) is 0. The lowest BCUT2D eigenvalue weighted by molar-refractivity contribution is -0.671. The van der Waals surface area contributed by atoms with Gasteiger partial charge < -0.3 is 9.63 Å². The van der Waals surface area contributed by atoms with Crippen LogP contribution in [0.5, 0.6) is 5.95 Å². The third-order valence-electron chi connectivity index (χ3n) is 4.37. The number of hydrogen-bond acceptors (Lipinski definition) is 7. The van der Waals surface area contributed by atoms with E-state index in [1.807, 2.05) is 61.5 Å². The minimum Gasteiger partial charge on any atom is -0.539 e. The van der Waals surface area contributed by atoms with Crippen LogP contribution in [0.15, 0.2) is 69.4 Å². The van der Waals surface area contributed by atoms with E-state index in [1.165, 1.54) is 16.4 Å². The van der Waals surface area contributed by atoms with Crippen LogP contribution in [0.4, 0.5) is 0 Å². The molecule has 0 saturated heterocycles. The molecule has 0 unspecified atom stereocenters. The van der Waals surface area contributed by atoms with E-state index in [9.17, 15) is 5.11 Å². The Morgan fingerprint density at radius 2 is 1.86 bits per heavy atom. The van der Waals surface area contributed by atoms with E-state index in [2.05, 4.69) is 20.6 Å². The molecule has 3 heterocycles. The molecule has 0 aliphatic carbocycles. The van der Waals surface area contributed by atoms with Crippen molar-refractivity contribution in [3.8, 4) is 23.0 Å². The van der Waals surface area contributed by atoms with Crippen LogP contribution in [0.1, 0.15) is 11.3 Å². The standard InChI is InChI=1S/C19H14N6O2S/c1-12-7-9-14(10-8-12)24-16(18(26)27-23-24)15-11-28-19-21-20-17(25(19)22-15)13-5-3-2-4-6-13/h2-10H,11H2,1H3. The van der Waals surface area contributed by atoms with Crippen LogP contribution in [0.2, 0.25) is 0 Å². The van der Waals surface area contributed by atoms with Crippen LogP contribution in [-0.4, -0.2) is 31.6 Å². The first-order valence-corrected chi connectivity index (χ1v) is 9.57. The Bertz CT molecular complexity index is 1180. The van der Waals surface area contributed by atoms with Gasteiger partial charge >= 0.3 is 0 Å². The quantitative estimate of drug-likeness (QED) is 0.496. The average molecular weight is 390 g/mol. The molecule has 1 aliphatic rings. The summed E-state index contributed by atoms with van der Waals surface area (Å²) in [5, 5.41) is 30.1. The lowest BCUT2D eigenvalue weighted by atomic mass is 10.2. The van der Waals surface area contributed by atoms with Crippen molar-refractivity contribution in [3.63, 3.8) is 0 Å². The molecular formula is C19H14N6O2S. The van der Waals surface area contributed by atoms with Gasteiger partial charge in [0.2, 0.25) is 10.8 Å². The smallest absolute Gasteiger partial charge is 0.287 e. The van der Waals surface area contributed by atoms with Gasteiger partial charge in [0.15, 0.2) is 11.8 Å². The van der Waals surface area contributed by atoms with Crippen molar-refractivity contribution in [2.45, 2.75) is 12.1 Å². The van der Waals surface area contributed by atoms with E-state index in [1.54, 1.807) is 4.68 Å². The van der Waals surface area contributed by atoms with Gasteiger partial charge in [-0.25, -0.2) is 0 Å². The third-order valence-corrected chi connectivity index (χ3v) is 5.30. The van der Waals surface area contributed by atoms with Crippen LogP contribution in [0.25, 0.3) is 17.1 Å². The van der Waals surface area contributed by atoms with E-state index in [-0.39, 0.29) is 0 Å². The van der Waals surface area contributed by atoms with Gasteiger partial charge in [-0.2, -0.15) is 9.78 Å². The van der Waals surface area contributed by atoms with Gasteiger partial charge in [-0.05, 0) is 11.6 Å². The van der Waals surface area contributed by atoms with Crippen LogP contribution in [0, 0.1) is 6.92 Å². The topological polar surface area (TPSA) is 96.0 Å². The van der Waals surface area contributed by atoms with E-state index < -0.39 is 5.95 Å². The fourth-order valence-electron chi connectivity index (χ4n) is 2.96. The lowest BCUT2D eigenvalue weighted by Gasteiger charge is -2.11. The molecule has 8 nitrogen and oxygen atoms in total. The maximum atomic E-state index is 12.4. The molecule has 4 aromatic rings. The highest BCUT2D eigenvalue weighted by molar-refractivity contribution is 7.99. The number of thioether (sulfide) groups is 1. The first-order valence-electron chi connectivity index (χ1n) is 8.58. The minimum atomic E-state index is -0.530. The number of aryl methyl sites for hydroxylation is 1. The summed E-state index contributed by atoms with van der Waals surface area (Å²) in [6, 6.07) is 17.4. The molecule has 0 spiro atoms. The Labute approximate surface area is 164 Å². The number of fused-ring (bicyclic) bond motifs is 1. The molecular weight excluding hydrogens is 376 g/mol. The maximum Gasteiger partial charge on any atom is 0.287 e. The van der Waals surface area contributed by atoms with Crippen LogP contribution in [-0.2, 0) is 0 Å². The molecule has 2 aromatic carbocycles. The Morgan fingerprint density at radius 3 is 2.64 bits per heavy atom. The highest BCUT2D eigenvalue weighted by Gasteiger charge is 2.30. The number of aromatic nitrogens is 5. The second-order valence-corrected chi connectivity index (χ2v) is 7.22. The lowest BCUT2D eigenvalue weighted by Crippen LogP contribution is -2.40. The number of rotatable bonds is 3.